The second-order valence-electron chi connectivity index (χ2n) is 8.11. The SMILES string of the molecule is CCOc1ccc(C2CC(=O)N(N(C)C)C3=C2C(=O)CC(C)(C)C3)cc1. The summed E-state index contributed by atoms with van der Waals surface area (Å²) in [7, 11) is 3.71. The van der Waals surface area contributed by atoms with Gasteiger partial charge in [0.05, 0.1) is 6.61 Å². The number of ether oxygens (including phenoxy) is 1. The Kier molecular flexibility index (Phi) is 4.93. The molecular weight excluding hydrogens is 328 g/mol. The molecular formula is C21H28N2O3. The van der Waals surface area contributed by atoms with Crippen LogP contribution in [-0.2, 0) is 9.59 Å². The van der Waals surface area contributed by atoms with Crippen LogP contribution in [0, 0.1) is 5.41 Å². The van der Waals surface area contributed by atoms with Gasteiger partial charge in [-0.15, -0.1) is 0 Å². The first-order valence-electron chi connectivity index (χ1n) is 9.22. The van der Waals surface area contributed by atoms with Crippen LogP contribution in [0.2, 0.25) is 0 Å². The van der Waals surface area contributed by atoms with E-state index < -0.39 is 0 Å². The molecule has 26 heavy (non-hydrogen) atoms. The lowest BCUT2D eigenvalue weighted by Gasteiger charge is -2.44. The molecule has 1 unspecified atom stereocenters. The van der Waals surface area contributed by atoms with Crippen molar-refractivity contribution in [3.05, 3.63) is 41.1 Å². The summed E-state index contributed by atoms with van der Waals surface area (Å²) in [5.41, 5.74) is 2.54. The van der Waals surface area contributed by atoms with Crippen molar-refractivity contribution in [2.24, 2.45) is 5.41 Å². The van der Waals surface area contributed by atoms with Gasteiger partial charge in [-0.05, 0) is 36.5 Å². The first-order chi connectivity index (χ1) is 12.2. The van der Waals surface area contributed by atoms with Gasteiger partial charge in [0.15, 0.2) is 5.78 Å². The molecule has 1 heterocycles. The van der Waals surface area contributed by atoms with E-state index in [0.717, 1.165) is 29.0 Å². The number of ketones is 1. The average molecular weight is 356 g/mol. The zero-order valence-electron chi connectivity index (χ0n) is 16.3. The number of rotatable bonds is 4. The molecule has 1 aromatic rings. The summed E-state index contributed by atoms with van der Waals surface area (Å²) in [6.07, 6.45) is 1.57. The summed E-state index contributed by atoms with van der Waals surface area (Å²) in [6, 6.07) is 7.79. The fraction of sp³-hybridized carbons (Fsp3) is 0.524. The van der Waals surface area contributed by atoms with E-state index in [1.165, 1.54) is 0 Å². The van der Waals surface area contributed by atoms with Gasteiger partial charge < -0.3 is 4.74 Å². The van der Waals surface area contributed by atoms with Crippen LogP contribution in [0.4, 0.5) is 0 Å². The zero-order valence-corrected chi connectivity index (χ0v) is 16.3. The van der Waals surface area contributed by atoms with Crippen molar-refractivity contribution in [2.45, 2.75) is 46.0 Å². The fourth-order valence-corrected chi connectivity index (χ4v) is 4.11. The van der Waals surface area contributed by atoms with Gasteiger partial charge in [0.2, 0.25) is 5.91 Å². The predicted octanol–water partition coefficient (Wildman–Crippen LogP) is 3.52. The molecule has 0 radical (unpaired) electrons. The molecule has 5 heteroatoms. The Bertz CT molecular complexity index is 747. The maximum atomic E-state index is 13.0. The van der Waals surface area contributed by atoms with Crippen molar-refractivity contribution in [3.63, 3.8) is 0 Å². The van der Waals surface area contributed by atoms with Crippen LogP contribution in [-0.4, -0.2) is 42.4 Å². The van der Waals surface area contributed by atoms with Crippen molar-refractivity contribution >= 4 is 11.7 Å². The molecule has 1 aliphatic carbocycles. The second kappa shape index (κ2) is 6.88. The number of benzene rings is 1. The summed E-state index contributed by atoms with van der Waals surface area (Å²) in [5, 5.41) is 3.49. The minimum atomic E-state index is -0.173. The minimum absolute atomic E-state index is 0.0399. The summed E-state index contributed by atoms with van der Waals surface area (Å²) in [5.74, 6) is 0.833. The van der Waals surface area contributed by atoms with Crippen LogP contribution >= 0.6 is 0 Å². The molecule has 1 aliphatic heterocycles. The third kappa shape index (κ3) is 3.40. The van der Waals surface area contributed by atoms with E-state index in [9.17, 15) is 9.59 Å². The van der Waals surface area contributed by atoms with E-state index in [1.807, 2.05) is 45.3 Å². The van der Waals surface area contributed by atoms with Gasteiger partial charge in [0, 0.05) is 44.1 Å². The Hall–Kier alpha value is -2.14. The molecule has 3 rings (SSSR count). The molecule has 0 fully saturated rings. The van der Waals surface area contributed by atoms with E-state index >= 15 is 0 Å². The first-order valence-corrected chi connectivity index (χ1v) is 9.22. The Morgan fingerprint density at radius 1 is 1.15 bits per heavy atom. The highest BCUT2D eigenvalue weighted by Gasteiger charge is 2.44. The van der Waals surface area contributed by atoms with Crippen LogP contribution in [0.25, 0.3) is 0 Å². The highest BCUT2D eigenvalue weighted by atomic mass is 16.5. The van der Waals surface area contributed by atoms with Crippen LogP contribution in [0.5, 0.6) is 5.75 Å². The van der Waals surface area contributed by atoms with Crippen LogP contribution in [0.1, 0.15) is 51.5 Å². The molecule has 0 saturated carbocycles. The summed E-state index contributed by atoms with van der Waals surface area (Å²) >= 11 is 0. The van der Waals surface area contributed by atoms with Crippen molar-refractivity contribution in [1.82, 2.24) is 10.0 Å². The number of Topliss-reactive ketones (excluding diaryl/α,β-unsaturated/α-hetero) is 1. The Morgan fingerprint density at radius 2 is 1.81 bits per heavy atom. The average Bonchev–Trinajstić information content (AvgIpc) is 2.53. The number of hydrazine groups is 1. The van der Waals surface area contributed by atoms with Crippen LogP contribution in [0.3, 0.4) is 0 Å². The predicted molar refractivity (Wildman–Crippen MR) is 101 cm³/mol. The van der Waals surface area contributed by atoms with Gasteiger partial charge in [0.25, 0.3) is 0 Å². The molecule has 2 aliphatic rings. The fourth-order valence-electron chi connectivity index (χ4n) is 4.11. The van der Waals surface area contributed by atoms with Gasteiger partial charge in [0.1, 0.15) is 5.75 Å². The highest BCUT2D eigenvalue weighted by molar-refractivity contribution is 6.01. The molecule has 1 aromatic carbocycles. The lowest BCUT2D eigenvalue weighted by atomic mass is 9.69. The topological polar surface area (TPSA) is 49.9 Å². The van der Waals surface area contributed by atoms with E-state index in [0.29, 0.717) is 19.4 Å². The smallest absolute Gasteiger partial charge is 0.242 e. The number of hydrogen-bond acceptors (Lipinski definition) is 4. The lowest BCUT2D eigenvalue weighted by Crippen LogP contribution is -2.49. The van der Waals surface area contributed by atoms with Crippen molar-refractivity contribution in [2.75, 3.05) is 20.7 Å². The zero-order chi connectivity index (χ0) is 19.1. The molecule has 0 bridgehead atoms. The maximum Gasteiger partial charge on any atom is 0.242 e. The van der Waals surface area contributed by atoms with Gasteiger partial charge in [-0.2, -0.15) is 0 Å². The number of amides is 1. The Labute approximate surface area is 155 Å². The normalized spacial score (nSPS) is 22.7. The molecule has 1 atom stereocenters. The summed E-state index contributed by atoms with van der Waals surface area (Å²) in [4.78, 5) is 25.9. The molecule has 0 aromatic heterocycles. The van der Waals surface area contributed by atoms with Gasteiger partial charge in [-0.25, -0.2) is 10.0 Å². The summed E-state index contributed by atoms with van der Waals surface area (Å²) < 4.78 is 5.51. The number of hydrogen-bond donors (Lipinski definition) is 0. The van der Waals surface area contributed by atoms with Crippen LogP contribution < -0.4 is 4.74 Å². The Morgan fingerprint density at radius 3 is 2.38 bits per heavy atom. The maximum absolute atomic E-state index is 13.0. The Balaban J connectivity index is 2.07. The number of allylic oxidation sites excluding steroid dienone is 2. The molecule has 140 valence electrons. The number of nitrogens with zero attached hydrogens (tertiary/aromatic N) is 2. The molecule has 5 nitrogen and oxygen atoms in total. The molecule has 1 amide bonds. The third-order valence-electron chi connectivity index (χ3n) is 5.11. The van der Waals surface area contributed by atoms with E-state index in [1.54, 1.807) is 10.0 Å². The quantitative estimate of drug-likeness (QED) is 0.828. The number of carbonyl (C=O) groups is 2. The summed E-state index contributed by atoms with van der Waals surface area (Å²) in [6.45, 7) is 6.74. The van der Waals surface area contributed by atoms with E-state index in [4.69, 9.17) is 4.74 Å². The van der Waals surface area contributed by atoms with Crippen molar-refractivity contribution in [1.29, 1.82) is 0 Å². The first kappa shape index (κ1) is 18.6. The molecule has 0 spiro atoms. The second-order valence-corrected chi connectivity index (χ2v) is 8.11. The standard InChI is InChI=1S/C21H28N2O3/c1-6-26-15-9-7-14(8-10-15)16-11-19(25)23(22(4)5)17-12-21(2,3)13-18(24)20(16)17/h7-10,16H,6,11-13H2,1-5H3. The van der Waals surface area contributed by atoms with Gasteiger partial charge in [-0.3, -0.25) is 9.59 Å². The molecule has 0 saturated heterocycles. The third-order valence-corrected chi connectivity index (χ3v) is 5.11. The number of carbonyl (C=O) groups excluding carboxylic acids is 2. The highest BCUT2D eigenvalue weighted by Crippen LogP contribution is 2.47. The monoisotopic (exact) mass is 356 g/mol. The van der Waals surface area contributed by atoms with Crippen LogP contribution in [0.15, 0.2) is 35.5 Å². The van der Waals surface area contributed by atoms with Gasteiger partial charge in [-0.1, -0.05) is 26.0 Å². The van der Waals surface area contributed by atoms with Crippen molar-refractivity contribution in [3.8, 4) is 5.75 Å². The van der Waals surface area contributed by atoms with Gasteiger partial charge >= 0.3 is 0 Å². The van der Waals surface area contributed by atoms with E-state index in [2.05, 4.69) is 13.8 Å². The largest absolute Gasteiger partial charge is 0.494 e. The van der Waals surface area contributed by atoms with Crippen molar-refractivity contribution < 1.29 is 14.3 Å². The minimum Gasteiger partial charge on any atom is -0.494 e. The molecule has 0 N–H and O–H groups in total. The van der Waals surface area contributed by atoms with E-state index in [-0.39, 0.29) is 23.0 Å². The lowest BCUT2D eigenvalue weighted by molar-refractivity contribution is -0.143.